The third-order valence-electron chi connectivity index (χ3n) is 7.13. The van der Waals surface area contributed by atoms with Crippen LogP contribution in [0, 0.1) is 11.3 Å². The van der Waals surface area contributed by atoms with Gasteiger partial charge in [0, 0.05) is 16.5 Å². The van der Waals surface area contributed by atoms with Gasteiger partial charge in [-0.25, -0.2) is 0 Å². The zero-order valence-corrected chi connectivity index (χ0v) is 24.6. The second-order valence-electron chi connectivity index (χ2n) is 9.91. The van der Waals surface area contributed by atoms with Crippen molar-refractivity contribution in [2.24, 2.45) is 0 Å². The Morgan fingerprint density at radius 1 is 1.05 bits per heavy atom. The number of ether oxygens (including phenoxy) is 2. The highest BCUT2D eigenvalue weighted by molar-refractivity contribution is 6.30. The molecule has 1 saturated heterocycles. The molecule has 1 aliphatic rings. The van der Waals surface area contributed by atoms with Crippen molar-refractivity contribution in [2.45, 2.75) is 50.5 Å². The van der Waals surface area contributed by atoms with Crippen LogP contribution in [0.3, 0.4) is 0 Å². The van der Waals surface area contributed by atoms with E-state index in [2.05, 4.69) is 11.4 Å². The molecule has 0 unspecified atom stereocenters. The smallest absolute Gasteiger partial charge is 0.293 e. The maximum Gasteiger partial charge on any atom is 0.293 e. The van der Waals surface area contributed by atoms with E-state index >= 15 is 0 Å². The first-order chi connectivity index (χ1) is 20.4. The highest BCUT2D eigenvalue weighted by Crippen LogP contribution is 2.44. The van der Waals surface area contributed by atoms with Gasteiger partial charge in [-0.1, -0.05) is 72.9 Å². The van der Waals surface area contributed by atoms with Crippen LogP contribution in [0.4, 0.5) is 0 Å². The molecule has 0 aliphatic carbocycles. The summed E-state index contributed by atoms with van der Waals surface area (Å²) in [7, 11) is 0. The number of benzene rings is 3. The van der Waals surface area contributed by atoms with Crippen LogP contribution in [0.1, 0.15) is 54.2 Å². The normalized spacial score (nSPS) is 19.0. The van der Waals surface area contributed by atoms with Crippen molar-refractivity contribution < 1.29 is 23.9 Å². The first kappa shape index (κ1) is 31.0. The second-order valence-corrected chi connectivity index (χ2v) is 10.8. The zero-order valence-electron chi connectivity index (χ0n) is 23.0. The summed E-state index contributed by atoms with van der Waals surface area (Å²) in [5.74, 6) is -0.685. The molecule has 42 heavy (non-hydrogen) atoms. The first-order valence-corrected chi connectivity index (χ1v) is 14.4. The van der Waals surface area contributed by atoms with E-state index in [1.54, 1.807) is 53.4 Å². The predicted octanol–water partition coefficient (Wildman–Crippen LogP) is 5.58. The lowest BCUT2D eigenvalue weighted by atomic mass is 9.88. The van der Waals surface area contributed by atoms with E-state index < -0.39 is 24.3 Å². The highest BCUT2D eigenvalue weighted by Gasteiger charge is 2.48. The van der Waals surface area contributed by atoms with Crippen molar-refractivity contribution in [3.8, 4) is 6.07 Å². The van der Waals surface area contributed by atoms with Gasteiger partial charge in [-0.2, -0.15) is 5.26 Å². The summed E-state index contributed by atoms with van der Waals surface area (Å²) in [4.78, 5) is 40.2. The number of amides is 2. The largest absolute Gasteiger partial charge is 0.466 e. The van der Waals surface area contributed by atoms with Crippen LogP contribution >= 0.6 is 23.2 Å². The number of morpholine rings is 1. The van der Waals surface area contributed by atoms with Crippen molar-refractivity contribution in [1.82, 2.24) is 10.2 Å². The number of halogens is 2. The molecule has 1 fully saturated rings. The fraction of sp³-hybridized carbons (Fsp3) is 0.312. The van der Waals surface area contributed by atoms with Gasteiger partial charge in [-0.05, 0) is 59.5 Å². The summed E-state index contributed by atoms with van der Waals surface area (Å²) in [6.45, 7) is 2.39. The molecule has 0 radical (unpaired) electrons. The van der Waals surface area contributed by atoms with Crippen LogP contribution in [0.5, 0.6) is 0 Å². The molecule has 0 bridgehead atoms. The number of hydrogen-bond acceptors (Lipinski definition) is 6. The number of nitrogens with zero attached hydrogens (tertiary/aromatic N) is 2. The molecule has 4 rings (SSSR count). The fourth-order valence-corrected chi connectivity index (χ4v) is 5.40. The fourth-order valence-electron chi connectivity index (χ4n) is 5.15. The maximum absolute atomic E-state index is 14.4. The lowest BCUT2D eigenvalue weighted by molar-refractivity contribution is -0.181. The molecule has 0 spiro atoms. The average Bonchev–Trinajstić information content (AvgIpc) is 3.00. The van der Waals surface area contributed by atoms with Crippen molar-refractivity contribution >= 4 is 41.5 Å². The SMILES string of the molecule is CCC[C@H](C(=O)NCCOC=O)N1C(=O)[C@H](Cc2ccc(C#N)cc2)O[C@@H](c2ccc(Cl)cc2)[C@H]1c1ccc(Cl)cc1. The van der Waals surface area contributed by atoms with Crippen LogP contribution in [0.25, 0.3) is 0 Å². The molecule has 10 heteroatoms. The van der Waals surface area contributed by atoms with Gasteiger partial charge in [-0.15, -0.1) is 0 Å². The molecule has 218 valence electrons. The molecule has 0 aromatic heterocycles. The minimum Gasteiger partial charge on any atom is -0.466 e. The first-order valence-electron chi connectivity index (χ1n) is 13.7. The Morgan fingerprint density at radius 2 is 1.67 bits per heavy atom. The van der Waals surface area contributed by atoms with E-state index in [9.17, 15) is 19.6 Å². The van der Waals surface area contributed by atoms with Crippen molar-refractivity contribution in [3.05, 3.63) is 105 Å². The Labute approximate surface area is 255 Å². The molecule has 8 nitrogen and oxygen atoms in total. The van der Waals surface area contributed by atoms with Crippen LogP contribution in [0.2, 0.25) is 10.0 Å². The van der Waals surface area contributed by atoms with Crippen LogP contribution in [0.15, 0.2) is 72.8 Å². The molecular formula is C32H31Cl2N3O5. The summed E-state index contributed by atoms with van der Waals surface area (Å²) in [6.07, 6.45) is -0.283. The monoisotopic (exact) mass is 607 g/mol. The van der Waals surface area contributed by atoms with Gasteiger partial charge in [0.25, 0.3) is 12.4 Å². The Kier molecular flexibility index (Phi) is 11.0. The molecule has 3 aromatic carbocycles. The second kappa shape index (κ2) is 14.8. The van der Waals surface area contributed by atoms with E-state index in [4.69, 9.17) is 32.7 Å². The molecular weight excluding hydrogens is 577 g/mol. The quantitative estimate of drug-likeness (QED) is 0.213. The van der Waals surface area contributed by atoms with Crippen molar-refractivity contribution in [2.75, 3.05) is 13.2 Å². The van der Waals surface area contributed by atoms with Crippen LogP contribution in [-0.4, -0.2) is 48.5 Å². The van der Waals surface area contributed by atoms with Gasteiger partial charge in [-0.3, -0.25) is 14.4 Å². The van der Waals surface area contributed by atoms with E-state index in [1.165, 1.54) is 0 Å². The minimum atomic E-state index is -0.910. The summed E-state index contributed by atoms with van der Waals surface area (Å²) >= 11 is 12.4. The van der Waals surface area contributed by atoms with Gasteiger partial charge in [0.1, 0.15) is 24.9 Å². The molecule has 4 atom stereocenters. The number of nitrogens with one attached hydrogen (secondary N) is 1. The van der Waals surface area contributed by atoms with E-state index in [1.807, 2.05) is 31.2 Å². The third-order valence-corrected chi connectivity index (χ3v) is 7.63. The molecule has 1 aliphatic heterocycles. The van der Waals surface area contributed by atoms with Crippen LogP contribution < -0.4 is 5.32 Å². The van der Waals surface area contributed by atoms with E-state index in [0.29, 0.717) is 34.9 Å². The Bertz CT molecular complexity index is 1410. The Balaban J connectivity index is 1.81. The van der Waals surface area contributed by atoms with Gasteiger partial charge in [0.05, 0.1) is 24.2 Å². The predicted molar refractivity (Wildman–Crippen MR) is 159 cm³/mol. The lowest BCUT2D eigenvalue weighted by Gasteiger charge is -2.47. The van der Waals surface area contributed by atoms with Gasteiger partial charge < -0.3 is 19.7 Å². The highest BCUT2D eigenvalue weighted by atomic mass is 35.5. The molecule has 3 aromatic rings. The third kappa shape index (κ3) is 7.48. The van der Waals surface area contributed by atoms with E-state index in [-0.39, 0.29) is 31.4 Å². The molecule has 0 saturated carbocycles. The summed E-state index contributed by atoms with van der Waals surface area (Å²) < 4.78 is 11.3. The number of rotatable bonds is 12. The summed E-state index contributed by atoms with van der Waals surface area (Å²) in [5, 5.41) is 13.1. The van der Waals surface area contributed by atoms with Gasteiger partial charge in [0.2, 0.25) is 5.91 Å². The standard InChI is InChI=1S/C32H31Cl2N3O5/c1-2-3-27(31(39)36-16-17-41-20-38)37-29(23-8-12-25(33)13-9-23)30(24-10-14-26(34)15-11-24)42-28(32(37)40)18-21-4-6-22(19-35)7-5-21/h4-15,20,27-30H,2-3,16-18H2,1H3,(H,36,39)/t27-,28+,29-,30+/m1/s1. The Morgan fingerprint density at radius 3 is 2.24 bits per heavy atom. The minimum absolute atomic E-state index is 0.0144. The topological polar surface area (TPSA) is 109 Å². The molecule has 2 amide bonds. The number of nitriles is 1. The van der Waals surface area contributed by atoms with Crippen LogP contribution in [-0.2, 0) is 30.3 Å². The van der Waals surface area contributed by atoms with Gasteiger partial charge in [0.15, 0.2) is 0 Å². The van der Waals surface area contributed by atoms with Crippen molar-refractivity contribution in [3.63, 3.8) is 0 Å². The maximum atomic E-state index is 14.4. The van der Waals surface area contributed by atoms with Crippen molar-refractivity contribution in [1.29, 1.82) is 5.26 Å². The number of carbonyl (C=O) groups is 3. The molecule has 1 heterocycles. The van der Waals surface area contributed by atoms with E-state index in [0.717, 1.165) is 16.7 Å². The summed E-state index contributed by atoms with van der Waals surface area (Å²) in [5.41, 5.74) is 2.87. The summed E-state index contributed by atoms with van der Waals surface area (Å²) in [6, 6.07) is 22.0. The lowest BCUT2D eigenvalue weighted by Crippen LogP contribution is -2.59. The van der Waals surface area contributed by atoms with Gasteiger partial charge >= 0.3 is 0 Å². The number of carbonyl (C=O) groups excluding carboxylic acids is 3. The number of hydrogen-bond donors (Lipinski definition) is 1. The zero-order chi connectivity index (χ0) is 30.1. The Hall–Kier alpha value is -3.90. The molecule has 1 N–H and O–H groups in total. The average molecular weight is 609 g/mol.